The Morgan fingerprint density at radius 1 is 1.21 bits per heavy atom. The van der Waals surface area contributed by atoms with Crippen LogP contribution in [0.25, 0.3) is 0 Å². The van der Waals surface area contributed by atoms with Gasteiger partial charge in [-0.05, 0) is 47.4 Å². The lowest BCUT2D eigenvalue weighted by molar-refractivity contribution is -0.137. The van der Waals surface area contributed by atoms with Gasteiger partial charge in [0, 0.05) is 24.3 Å². The summed E-state index contributed by atoms with van der Waals surface area (Å²) < 4.78 is 5.04. The smallest absolute Gasteiger partial charge is 0.253 e. The van der Waals surface area contributed by atoms with Crippen molar-refractivity contribution in [2.75, 3.05) is 20.2 Å². The van der Waals surface area contributed by atoms with E-state index in [-0.39, 0.29) is 33.7 Å². The Morgan fingerprint density at radius 3 is 2.42 bits per heavy atom. The molecule has 2 aromatic rings. The third-order valence-electron chi connectivity index (χ3n) is 6.30. The summed E-state index contributed by atoms with van der Waals surface area (Å²) in [6.07, 6.45) is 2.24. The third-order valence-corrected chi connectivity index (χ3v) is 6.82. The molecule has 0 saturated carbocycles. The number of nitrogens with zero attached hydrogens (tertiary/aromatic N) is 2. The van der Waals surface area contributed by atoms with Gasteiger partial charge in [0.2, 0.25) is 11.8 Å². The van der Waals surface area contributed by atoms with Gasteiger partial charge < -0.3 is 15.0 Å². The molecule has 3 rings (SSSR count). The molecule has 2 heterocycles. The third kappa shape index (κ3) is 5.79. The van der Waals surface area contributed by atoms with Crippen LogP contribution in [-0.4, -0.2) is 47.9 Å². The summed E-state index contributed by atoms with van der Waals surface area (Å²) in [7, 11) is 1.46. The molecule has 1 aromatic carbocycles. The standard InChI is InChI=1S/C25H31Cl2N3O3/c1-15(2)21(29-22(31)17-12-20(27)23(33-5)28-13-17)24(32)30-11-10-19(25(3,4)14-30)16-6-8-18(26)9-7-16/h6-9,12-13,15,19,21H,10-11,14H2,1-5H3,(H,29,31)/t19?,21-/m1/s1. The van der Waals surface area contributed by atoms with Gasteiger partial charge in [-0.3, -0.25) is 9.59 Å². The molecule has 0 radical (unpaired) electrons. The summed E-state index contributed by atoms with van der Waals surface area (Å²) in [5.41, 5.74) is 1.39. The second-order valence-electron chi connectivity index (χ2n) is 9.55. The number of benzene rings is 1. The van der Waals surface area contributed by atoms with Crippen molar-refractivity contribution < 1.29 is 14.3 Å². The lowest BCUT2D eigenvalue weighted by atomic mass is 9.70. The summed E-state index contributed by atoms with van der Waals surface area (Å²) in [6, 6.07) is 8.80. The number of carbonyl (C=O) groups excluding carboxylic acids is 2. The van der Waals surface area contributed by atoms with Crippen LogP contribution in [0.3, 0.4) is 0 Å². The number of hydrogen-bond donors (Lipinski definition) is 1. The zero-order chi connectivity index (χ0) is 24.3. The first-order valence-corrected chi connectivity index (χ1v) is 11.8. The maximum absolute atomic E-state index is 13.5. The molecular weight excluding hydrogens is 461 g/mol. The number of likely N-dealkylation sites (tertiary alicyclic amines) is 1. The first kappa shape index (κ1) is 25.3. The van der Waals surface area contributed by atoms with Crippen LogP contribution in [0, 0.1) is 11.3 Å². The molecule has 33 heavy (non-hydrogen) atoms. The summed E-state index contributed by atoms with van der Waals surface area (Å²) in [4.78, 5) is 32.3. The number of methoxy groups -OCH3 is 1. The highest BCUT2D eigenvalue weighted by molar-refractivity contribution is 6.32. The van der Waals surface area contributed by atoms with Crippen LogP contribution in [0.15, 0.2) is 36.5 Å². The number of ether oxygens (including phenoxy) is 1. The van der Waals surface area contributed by atoms with Gasteiger partial charge in [0.25, 0.3) is 5.91 Å². The Labute approximate surface area is 205 Å². The van der Waals surface area contributed by atoms with Crippen LogP contribution < -0.4 is 10.1 Å². The van der Waals surface area contributed by atoms with Crippen molar-refractivity contribution in [3.05, 3.63) is 57.7 Å². The summed E-state index contributed by atoms with van der Waals surface area (Å²) in [6.45, 7) is 9.44. The van der Waals surface area contributed by atoms with E-state index in [1.165, 1.54) is 24.9 Å². The molecule has 2 atom stereocenters. The molecule has 178 valence electrons. The topological polar surface area (TPSA) is 71.5 Å². The molecule has 0 spiro atoms. The van der Waals surface area contributed by atoms with Crippen molar-refractivity contribution >= 4 is 35.0 Å². The van der Waals surface area contributed by atoms with Crippen LogP contribution in [0.1, 0.15) is 56.0 Å². The summed E-state index contributed by atoms with van der Waals surface area (Å²) >= 11 is 12.2. The summed E-state index contributed by atoms with van der Waals surface area (Å²) in [5.74, 6) is 0.0112. The number of piperidine rings is 1. The minimum atomic E-state index is -0.652. The van der Waals surface area contributed by atoms with Crippen molar-refractivity contribution in [3.8, 4) is 5.88 Å². The zero-order valence-electron chi connectivity index (χ0n) is 19.7. The zero-order valence-corrected chi connectivity index (χ0v) is 21.2. The average Bonchev–Trinajstić information content (AvgIpc) is 2.76. The maximum atomic E-state index is 13.5. The Morgan fingerprint density at radius 2 is 1.88 bits per heavy atom. The molecule has 1 N–H and O–H groups in total. The molecule has 1 saturated heterocycles. The van der Waals surface area contributed by atoms with E-state index in [0.717, 1.165) is 6.42 Å². The van der Waals surface area contributed by atoms with Crippen LogP contribution in [0.2, 0.25) is 10.0 Å². The molecule has 0 aliphatic carbocycles. The van der Waals surface area contributed by atoms with Crippen molar-refractivity contribution in [2.45, 2.75) is 46.1 Å². The van der Waals surface area contributed by atoms with Crippen molar-refractivity contribution in [1.29, 1.82) is 0 Å². The molecule has 1 aliphatic heterocycles. The fraction of sp³-hybridized carbons (Fsp3) is 0.480. The molecule has 1 unspecified atom stereocenters. The second-order valence-corrected chi connectivity index (χ2v) is 10.4. The van der Waals surface area contributed by atoms with Gasteiger partial charge in [-0.2, -0.15) is 0 Å². The fourth-order valence-electron chi connectivity index (χ4n) is 4.49. The normalized spacial score (nSPS) is 18.7. The highest BCUT2D eigenvalue weighted by atomic mass is 35.5. The van der Waals surface area contributed by atoms with E-state index in [9.17, 15) is 9.59 Å². The monoisotopic (exact) mass is 491 g/mol. The van der Waals surface area contributed by atoms with E-state index in [2.05, 4.69) is 36.3 Å². The second kappa shape index (κ2) is 10.3. The van der Waals surface area contributed by atoms with Gasteiger partial charge in [0.1, 0.15) is 11.1 Å². The predicted octanol–water partition coefficient (Wildman–Crippen LogP) is 5.19. The van der Waals surface area contributed by atoms with Crippen molar-refractivity contribution in [3.63, 3.8) is 0 Å². The largest absolute Gasteiger partial charge is 0.480 e. The van der Waals surface area contributed by atoms with Crippen LogP contribution in [0.4, 0.5) is 0 Å². The van der Waals surface area contributed by atoms with E-state index in [1.54, 1.807) is 0 Å². The van der Waals surface area contributed by atoms with Gasteiger partial charge in [0.15, 0.2) is 0 Å². The maximum Gasteiger partial charge on any atom is 0.253 e. The first-order valence-electron chi connectivity index (χ1n) is 11.1. The fourth-order valence-corrected chi connectivity index (χ4v) is 4.86. The van der Waals surface area contributed by atoms with Crippen LogP contribution >= 0.6 is 23.2 Å². The molecule has 1 aliphatic rings. The Kier molecular flexibility index (Phi) is 7.91. The number of aromatic nitrogens is 1. The Bertz CT molecular complexity index is 1010. The van der Waals surface area contributed by atoms with E-state index < -0.39 is 11.9 Å². The van der Waals surface area contributed by atoms with Crippen LogP contribution in [-0.2, 0) is 4.79 Å². The molecule has 8 heteroatoms. The molecule has 6 nitrogen and oxygen atoms in total. The van der Waals surface area contributed by atoms with Crippen molar-refractivity contribution in [1.82, 2.24) is 15.2 Å². The van der Waals surface area contributed by atoms with Gasteiger partial charge in [0.05, 0.1) is 12.7 Å². The number of halogens is 2. The van der Waals surface area contributed by atoms with E-state index >= 15 is 0 Å². The van der Waals surface area contributed by atoms with Gasteiger partial charge in [-0.1, -0.05) is 63.0 Å². The minimum Gasteiger partial charge on any atom is -0.480 e. The number of hydrogen-bond acceptors (Lipinski definition) is 4. The Hall–Kier alpha value is -2.31. The van der Waals surface area contributed by atoms with E-state index in [0.29, 0.717) is 24.0 Å². The lowest BCUT2D eigenvalue weighted by Crippen LogP contribution is -2.55. The van der Waals surface area contributed by atoms with Crippen molar-refractivity contribution in [2.24, 2.45) is 11.3 Å². The molecule has 1 aromatic heterocycles. The van der Waals surface area contributed by atoms with Gasteiger partial charge in [-0.15, -0.1) is 0 Å². The number of amides is 2. The Balaban J connectivity index is 1.73. The quantitative estimate of drug-likeness (QED) is 0.602. The van der Waals surface area contributed by atoms with Gasteiger partial charge >= 0.3 is 0 Å². The molecular formula is C25H31Cl2N3O3. The van der Waals surface area contributed by atoms with E-state index in [4.69, 9.17) is 27.9 Å². The number of rotatable bonds is 6. The van der Waals surface area contributed by atoms with Gasteiger partial charge in [-0.25, -0.2) is 4.98 Å². The highest BCUT2D eigenvalue weighted by Gasteiger charge is 2.40. The highest BCUT2D eigenvalue weighted by Crippen LogP contribution is 2.42. The predicted molar refractivity (Wildman–Crippen MR) is 131 cm³/mol. The number of carbonyl (C=O) groups is 2. The first-order chi connectivity index (χ1) is 15.5. The number of pyridine rings is 1. The molecule has 0 bridgehead atoms. The lowest BCUT2D eigenvalue weighted by Gasteiger charge is -2.45. The molecule has 2 amide bonds. The summed E-state index contributed by atoms with van der Waals surface area (Å²) in [5, 5.41) is 3.84. The SMILES string of the molecule is COc1ncc(C(=O)N[C@@H](C(=O)N2CCC(c3ccc(Cl)cc3)C(C)(C)C2)C(C)C)cc1Cl. The average molecular weight is 492 g/mol. The minimum absolute atomic E-state index is 0.0754. The number of nitrogens with one attached hydrogen (secondary N) is 1. The van der Waals surface area contributed by atoms with E-state index in [1.807, 2.05) is 30.9 Å². The van der Waals surface area contributed by atoms with Crippen LogP contribution in [0.5, 0.6) is 5.88 Å². The molecule has 1 fully saturated rings.